The molecule has 0 aliphatic heterocycles. The number of thiophene rings is 1. The van der Waals surface area contributed by atoms with E-state index < -0.39 is 11.9 Å². The zero-order valence-electron chi connectivity index (χ0n) is 16.5. The largest absolute Gasteiger partial charge is 0.462 e. The average Bonchev–Trinajstić information content (AvgIpc) is 3.17. The van der Waals surface area contributed by atoms with Crippen LogP contribution in [-0.2, 0) is 9.53 Å². The summed E-state index contributed by atoms with van der Waals surface area (Å²) >= 11 is 1.21. The quantitative estimate of drug-likeness (QED) is 0.352. The molecule has 1 N–H and O–H groups in total. The molecule has 7 heteroatoms. The maximum absolute atomic E-state index is 12.7. The molecule has 0 unspecified atom stereocenters. The van der Waals surface area contributed by atoms with Crippen LogP contribution in [0.25, 0.3) is 17.2 Å². The number of carbonyl (C=O) groups is 2. The number of aromatic nitrogens is 1. The Labute approximate surface area is 178 Å². The maximum Gasteiger partial charge on any atom is 0.341 e. The second-order valence-corrected chi connectivity index (χ2v) is 7.23. The van der Waals surface area contributed by atoms with Crippen molar-refractivity contribution in [1.82, 2.24) is 4.98 Å². The van der Waals surface area contributed by atoms with Gasteiger partial charge in [-0.25, -0.2) is 4.79 Å². The molecule has 1 amide bonds. The normalized spacial score (nSPS) is 10.9. The summed E-state index contributed by atoms with van der Waals surface area (Å²) < 4.78 is 5.21. The minimum absolute atomic E-state index is 0.0944. The van der Waals surface area contributed by atoms with Crippen LogP contribution < -0.4 is 5.32 Å². The van der Waals surface area contributed by atoms with Crippen LogP contribution in [0.4, 0.5) is 5.00 Å². The topological polar surface area (TPSA) is 92.1 Å². The second kappa shape index (κ2) is 9.63. The minimum Gasteiger partial charge on any atom is -0.462 e. The Morgan fingerprint density at radius 2 is 2.03 bits per heavy atom. The summed E-state index contributed by atoms with van der Waals surface area (Å²) in [6.45, 7) is 3.91. The van der Waals surface area contributed by atoms with Crippen LogP contribution in [0.3, 0.4) is 0 Å². The van der Waals surface area contributed by atoms with Crippen LogP contribution in [0.2, 0.25) is 0 Å². The molecule has 2 heterocycles. The van der Waals surface area contributed by atoms with Gasteiger partial charge in [0.05, 0.1) is 6.61 Å². The summed E-state index contributed by atoms with van der Waals surface area (Å²) in [5.74, 6) is -1.14. The van der Waals surface area contributed by atoms with Crippen LogP contribution in [0.15, 0.2) is 59.7 Å². The molecular formula is C23H19N3O3S. The van der Waals surface area contributed by atoms with Crippen LogP contribution >= 0.6 is 11.3 Å². The van der Waals surface area contributed by atoms with Crippen molar-refractivity contribution in [1.29, 1.82) is 5.26 Å². The number of benzene rings is 1. The molecule has 0 saturated heterocycles. The first-order valence-electron chi connectivity index (χ1n) is 9.22. The van der Waals surface area contributed by atoms with E-state index in [1.54, 1.807) is 36.8 Å². The average molecular weight is 417 g/mol. The molecule has 150 valence electrons. The van der Waals surface area contributed by atoms with Gasteiger partial charge in [0.15, 0.2) is 0 Å². The number of esters is 1. The molecular weight excluding hydrogens is 398 g/mol. The van der Waals surface area contributed by atoms with Crippen LogP contribution in [0.1, 0.15) is 28.4 Å². The summed E-state index contributed by atoms with van der Waals surface area (Å²) in [5.41, 5.74) is 3.41. The van der Waals surface area contributed by atoms with Crippen molar-refractivity contribution in [3.8, 4) is 17.2 Å². The van der Waals surface area contributed by atoms with Gasteiger partial charge in [-0.15, -0.1) is 11.3 Å². The van der Waals surface area contributed by atoms with Crippen molar-refractivity contribution in [3.63, 3.8) is 0 Å². The number of hydrogen-bond acceptors (Lipinski definition) is 6. The van der Waals surface area contributed by atoms with Crippen LogP contribution in [0, 0.1) is 18.3 Å². The first kappa shape index (κ1) is 21.0. The monoisotopic (exact) mass is 417 g/mol. The highest BCUT2D eigenvalue weighted by Crippen LogP contribution is 2.36. The van der Waals surface area contributed by atoms with E-state index in [9.17, 15) is 14.9 Å². The van der Waals surface area contributed by atoms with Gasteiger partial charge >= 0.3 is 5.97 Å². The number of carbonyl (C=O) groups excluding carboxylic acids is 2. The van der Waals surface area contributed by atoms with Gasteiger partial charge in [0, 0.05) is 23.3 Å². The number of nitrogens with one attached hydrogen (secondary N) is 1. The highest BCUT2D eigenvalue weighted by atomic mass is 32.1. The van der Waals surface area contributed by atoms with Crippen molar-refractivity contribution in [2.75, 3.05) is 11.9 Å². The third-order valence-corrected chi connectivity index (χ3v) is 5.12. The molecule has 3 aromatic rings. The Kier molecular flexibility index (Phi) is 6.73. The van der Waals surface area contributed by atoms with Gasteiger partial charge in [-0.1, -0.05) is 35.9 Å². The highest BCUT2D eigenvalue weighted by Gasteiger charge is 2.23. The first-order valence-corrected chi connectivity index (χ1v) is 10.1. The standard InChI is InChI=1S/C23H19N3O3S/c1-3-29-23(28)20-19(17-8-6-15(2)7-9-17)14-30-22(20)26-21(27)18(12-24)11-16-5-4-10-25-13-16/h4-11,13-14H,3H2,1-2H3,(H,26,27)/b18-11+. The van der Waals surface area contributed by atoms with E-state index >= 15 is 0 Å². The van der Waals surface area contributed by atoms with Gasteiger partial charge in [-0.3, -0.25) is 9.78 Å². The zero-order valence-corrected chi connectivity index (χ0v) is 17.3. The van der Waals surface area contributed by atoms with E-state index in [-0.39, 0.29) is 17.7 Å². The van der Waals surface area contributed by atoms with Crippen molar-refractivity contribution in [3.05, 3.63) is 76.4 Å². The number of rotatable bonds is 6. The van der Waals surface area contributed by atoms with E-state index in [1.165, 1.54) is 17.4 Å². The molecule has 6 nitrogen and oxygen atoms in total. The molecule has 0 aliphatic rings. The zero-order chi connectivity index (χ0) is 21.5. The Balaban J connectivity index is 1.96. The lowest BCUT2D eigenvalue weighted by Gasteiger charge is -2.09. The number of aryl methyl sites for hydroxylation is 1. The molecule has 0 aliphatic carbocycles. The molecule has 0 atom stereocenters. The Hall–Kier alpha value is -3.76. The van der Waals surface area contributed by atoms with E-state index in [1.807, 2.05) is 37.3 Å². The fraction of sp³-hybridized carbons (Fsp3) is 0.130. The number of anilines is 1. The fourth-order valence-electron chi connectivity index (χ4n) is 2.75. The smallest absolute Gasteiger partial charge is 0.341 e. The molecule has 2 aromatic heterocycles. The van der Waals surface area contributed by atoms with Gasteiger partial charge in [-0.05, 0) is 37.1 Å². The molecule has 0 saturated carbocycles. The van der Waals surface area contributed by atoms with E-state index in [0.717, 1.165) is 11.1 Å². The number of ether oxygens (including phenoxy) is 1. The lowest BCUT2D eigenvalue weighted by Crippen LogP contribution is -2.16. The molecule has 0 spiro atoms. The minimum atomic E-state index is -0.607. The Morgan fingerprint density at radius 1 is 1.27 bits per heavy atom. The lowest BCUT2D eigenvalue weighted by atomic mass is 10.0. The van der Waals surface area contributed by atoms with E-state index in [4.69, 9.17) is 4.74 Å². The van der Waals surface area contributed by atoms with Crippen LogP contribution in [-0.4, -0.2) is 23.5 Å². The molecule has 1 aromatic carbocycles. The number of pyridine rings is 1. The second-order valence-electron chi connectivity index (χ2n) is 6.35. The van der Waals surface area contributed by atoms with Crippen molar-refractivity contribution >= 4 is 34.3 Å². The Bertz CT molecular complexity index is 1130. The van der Waals surface area contributed by atoms with Crippen molar-refractivity contribution in [2.45, 2.75) is 13.8 Å². The third-order valence-electron chi connectivity index (χ3n) is 4.22. The summed E-state index contributed by atoms with van der Waals surface area (Å²) in [4.78, 5) is 29.3. The number of nitriles is 1. The lowest BCUT2D eigenvalue weighted by molar-refractivity contribution is -0.112. The summed E-state index contributed by atoms with van der Waals surface area (Å²) in [6.07, 6.45) is 4.60. The van der Waals surface area contributed by atoms with E-state index in [2.05, 4.69) is 10.3 Å². The highest BCUT2D eigenvalue weighted by molar-refractivity contribution is 7.15. The van der Waals surface area contributed by atoms with Gasteiger partial charge in [-0.2, -0.15) is 5.26 Å². The molecule has 30 heavy (non-hydrogen) atoms. The first-order chi connectivity index (χ1) is 14.5. The molecule has 0 fully saturated rings. The summed E-state index contributed by atoms with van der Waals surface area (Å²) in [6, 6.07) is 13.1. The predicted octanol–water partition coefficient (Wildman–Crippen LogP) is 4.84. The predicted molar refractivity (Wildman–Crippen MR) is 117 cm³/mol. The summed E-state index contributed by atoms with van der Waals surface area (Å²) in [7, 11) is 0. The van der Waals surface area contributed by atoms with Crippen LogP contribution in [0.5, 0.6) is 0 Å². The maximum atomic E-state index is 12.7. The number of nitrogens with zero attached hydrogens (tertiary/aromatic N) is 2. The SMILES string of the molecule is CCOC(=O)c1c(-c2ccc(C)cc2)csc1NC(=O)/C(C#N)=C/c1cccnc1. The fourth-order valence-corrected chi connectivity index (χ4v) is 3.70. The van der Waals surface area contributed by atoms with Gasteiger partial charge in [0.1, 0.15) is 22.2 Å². The molecule has 0 radical (unpaired) electrons. The summed E-state index contributed by atoms with van der Waals surface area (Å²) in [5, 5.41) is 14.2. The number of amides is 1. The number of hydrogen-bond donors (Lipinski definition) is 1. The molecule has 3 rings (SSSR count). The van der Waals surface area contributed by atoms with Crippen molar-refractivity contribution < 1.29 is 14.3 Å². The van der Waals surface area contributed by atoms with Gasteiger partial charge in [0.25, 0.3) is 5.91 Å². The molecule has 0 bridgehead atoms. The van der Waals surface area contributed by atoms with Gasteiger partial charge in [0.2, 0.25) is 0 Å². The van der Waals surface area contributed by atoms with E-state index in [0.29, 0.717) is 16.1 Å². The van der Waals surface area contributed by atoms with Crippen molar-refractivity contribution in [2.24, 2.45) is 0 Å². The third kappa shape index (κ3) is 4.80. The van der Waals surface area contributed by atoms with Gasteiger partial charge < -0.3 is 10.1 Å². The Morgan fingerprint density at radius 3 is 2.67 bits per heavy atom.